The highest BCUT2D eigenvalue weighted by Gasteiger charge is 2.18. The third-order valence-corrected chi connectivity index (χ3v) is 5.25. The van der Waals surface area contributed by atoms with Crippen LogP contribution in [0.1, 0.15) is 50.7 Å². The van der Waals surface area contributed by atoms with Crippen molar-refractivity contribution in [2.45, 2.75) is 52.1 Å². The van der Waals surface area contributed by atoms with Crippen LogP contribution in [0.4, 0.5) is 0 Å². The van der Waals surface area contributed by atoms with Gasteiger partial charge in [0, 0.05) is 6.54 Å². The molecule has 0 aliphatic rings. The molecule has 3 aromatic rings. The minimum absolute atomic E-state index is 0.0455. The Hall–Kier alpha value is -2.81. The number of ether oxygens (including phenoxy) is 1. The van der Waals surface area contributed by atoms with Gasteiger partial charge < -0.3 is 10.1 Å². The molecule has 0 spiro atoms. The second kappa shape index (κ2) is 10.1. The Morgan fingerprint density at radius 3 is 2.38 bits per heavy atom. The summed E-state index contributed by atoms with van der Waals surface area (Å²) in [6.07, 6.45) is 2.04. The number of carbonyl (C=O) groups excluding carboxylic acids is 1. The molecule has 0 aromatic heterocycles. The molecule has 0 aliphatic carbocycles. The van der Waals surface area contributed by atoms with Crippen molar-refractivity contribution in [1.29, 1.82) is 0 Å². The summed E-state index contributed by atoms with van der Waals surface area (Å²) in [4.78, 5) is 12.5. The number of hydrogen-bond acceptors (Lipinski definition) is 2. The Morgan fingerprint density at radius 1 is 0.966 bits per heavy atom. The van der Waals surface area contributed by atoms with Crippen molar-refractivity contribution in [1.82, 2.24) is 5.32 Å². The third-order valence-electron chi connectivity index (χ3n) is 5.25. The van der Waals surface area contributed by atoms with E-state index in [9.17, 15) is 4.79 Å². The van der Waals surface area contributed by atoms with Crippen LogP contribution < -0.4 is 10.1 Å². The Kier molecular flexibility index (Phi) is 7.29. The molecule has 0 fully saturated rings. The topological polar surface area (TPSA) is 38.3 Å². The molecule has 0 saturated heterocycles. The number of benzene rings is 3. The van der Waals surface area contributed by atoms with Gasteiger partial charge in [0.1, 0.15) is 5.75 Å². The highest BCUT2D eigenvalue weighted by molar-refractivity contribution is 5.84. The lowest BCUT2D eigenvalue weighted by atomic mass is 10.0. The van der Waals surface area contributed by atoms with Crippen molar-refractivity contribution < 1.29 is 9.53 Å². The van der Waals surface area contributed by atoms with Crippen molar-refractivity contribution in [3.05, 3.63) is 77.9 Å². The molecule has 1 atom stereocenters. The van der Waals surface area contributed by atoms with Crippen LogP contribution in [-0.4, -0.2) is 18.6 Å². The first-order chi connectivity index (χ1) is 14.1. The number of carbonyl (C=O) groups is 1. The number of amides is 1. The summed E-state index contributed by atoms with van der Waals surface area (Å²) >= 11 is 0. The van der Waals surface area contributed by atoms with Gasteiger partial charge in [0.15, 0.2) is 6.10 Å². The largest absolute Gasteiger partial charge is 0.481 e. The van der Waals surface area contributed by atoms with Gasteiger partial charge in [-0.05, 0) is 59.2 Å². The average Bonchev–Trinajstić information content (AvgIpc) is 2.75. The zero-order valence-corrected chi connectivity index (χ0v) is 17.7. The first kappa shape index (κ1) is 20.9. The second-order valence-corrected chi connectivity index (χ2v) is 7.81. The molecule has 1 N–H and O–H groups in total. The quantitative estimate of drug-likeness (QED) is 0.465. The standard InChI is InChI=1S/C26H31NO2/c1-4-25(29-24-16-15-22-9-5-6-10-23(22)18-24)26(28)27-17-7-8-20-11-13-21(14-12-20)19(2)3/h5-6,9-16,18-19,25H,4,7-8,17H2,1-3H3,(H,27,28)/t25-/m0/s1. The van der Waals surface area contributed by atoms with Crippen LogP contribution in [-0.2, 0) is 11.2 Å². The van der Waals surface area contributed by atoms with E-state index in [1.165, 1.54) is 16.5 Å². The maximum absolute atomic E-state index is 12.5. The summed E-state index contributed by atoms with van der Waals surface area (Å²) in [7, 11) is 0. The molecule has 152 valence electrons. The Bertz CT molecular complexity index is 931. The van der Waals surface area contributed by atoms with E-state index in [1.54, 1.807) is 0 Å². The number of nitrogens with one attached hydrogen (secondary N) is 1. The normalized spacial score (nSPS) is 12.1. The van der Waals surface area contributed by atoms with Gasteiger partial charge in [-0.25, -0.2) is 0 Å². The molecular weight excluding hydrogens is 358 g/mol. The lowest BCUT2D eigenvalue weighted by Gasteiger charge is -2.17. The maximum Gasteiger partial charge on any atom is 0.261 e. The third kappa shape index (κ3) is 5.83. The molecule has 3 aromatic carbocycles. The molecule has 1 amide bonds. The van der Waals surface area contributed by atoms with Crippen LogP contribution in [0.15, 0.2) is 66.7 Å². The molecule has 0 bridgehead atoms. The van der Waals surface area contributed by atoms with Gasteiger partial charge in [0.05, 0.1) is 0 Å². The van der Waals surface area contributed by atoms with Crippen LogP contribution in [0.5, 0.6) is 5.75 Å². The Labute approximate surface area is 174 Å². The van der Waals surface area contributed by atoms with Crippen molar-refractivity contribution in [3.8, 4) is 5.75 Å². The number of hydrogen-bond donors (Lipinski definition) is 1. The SMILES string of the molecule is CC[C@H](Oc1ccc2ccccc2c1)C(=O)NCCCc1ccc(C(C)C)cc1. The van der Waals surface area contributed by atoms with Crippen LogP contribution >= 0.6 is 0 Å². The number of rotatable bonds is 9. The van der Waals surface area contributed by atoms with Gasteiger partial charge in [-0.1, -0.05) is 75.4 Å². The molecule has 29 heavy (non-hydrogen) atoms. The number of aryl methyl sites for hydroxylation is 1. The molecule has 0 aliphatic heterocycles. The fourth-order valence-corrected chi connectivity index (χ4v) is 3.41. The van der Waals surface area contributed by atoms with E-state index in [1.807, 2.05) is 37.3 Å². The predicted octanol–water partition coefficient (Wildman–Crippen LogP) is 5.87. The summed E-state index contributed by atoms with van der Waals surface area (Å²) in [5, 5.41) is 5.31. The highest BCUT2D eigenvalue weighted by atomic mass is 16.5. The lowest BCUT2D eigenvalue weighted by Crippen LogP contribution is -2.38. The van der Waals surface area contributed by atoms with E-state index in [4.69, 9.17) is 4.74 Å². The van der Waals surface area contributed by atoms with Crippen molar-refractivity contribution in [3.63, 3.8) is 0 Å². The molecule has 0 unspecified atom stereocenters. The van der Waals surface area contributed by atoms with E-state index in [0.29, 0.717) is 18.9 Å². The summed E-state index contributed by atoms with van der Waals surface area (Å²) in [5.74, 6) is 1.24. The van der Waals surface area contributed by atoms with Gasteiger partial charge >= 0.3 is 0 Å². The smallest absolute Gasteiger partial charge is 0.261 e. The maximum atomic E-state index is 12.5. The molecule has 3 nitrogen and oxygen atoms in total. The average molecular weight is 390 g/mol. The molecule has 0 radical (unpaired) electrons. The van der Waals surface area contributed by atoms with Crippen molar-refractivity contribution in [2.75, 3.05) is 6.54 Å². The zero-order valence-electron chi connectivity index (χ0n) is 17.7. The van der Waals surface area contributed by atoms with Gasteiger partial charge in [-0.15, -0.1) is 0 Å². The van der Waals surface area contributed by atoms with E-state index in [0.717, 1.165) is 24.0 Å². The molecule has 0 saturated carbocycles. The second-order valence-electron chi connectivity index (χ2n) is 7.81. The van der Waals surface area contributed by atoms with Gasteiger partial charge in [-0.2, -0.15) is 0 Å². The van der Waals surface area contributed by atoms with Gasteiger partial charge in [0.25, 0.3) is 5.91 Å². The first-order valence-corrected chi connectivity index (χ1v) is 10.6. The highest BCUT2D eigenvalue weighted by Crippen LogP contribution is 2.22. The fourth-order valence-electron chi connectivity index (χ4n) is 3.41. The molecular formula is C26H31NO2. The van der Waals surface area contributed by atoms with Crippen LogP contribution in [0.25, 0.3) is 10.8 Å². The lowest BCUT2D eigenvalue weighted by molar-refractivity contribution is -0.128. The van der Waals surface area contributed by atoms with Crippen molar-refractivity contribution >= 4 is 16.7 Å². The summed E-state index contributed by atoms with van der Waals surface area (Å²) < 4.78 is 5.97. The molecule has 0 heterocycles. The zero-order chi connectivity index (χ0) is 20.6. The summed E-state index contributed by atoms with van der Waals surface area (Å²) in [6.45, 7) is 7.03. The first-order valence-electron chi connectivity index (χ1n) is 10.6. The van der Waals surface area contributed by atoms with Crippen LogP contribution in [0.2, 0.25) is 0 Å². The minimum atomic E-state index is -0.471. The Balaban J connectivity index is 1.47. The fraction of sp³-hybridized carbons (Fsp3) is 0.346. The Morgan fingerprint density at radius 2 is 1.69 bits per heavy atom. The summed E-state index contributed by atoms with van der Waals surface area (Å²) in [5.41, 5.74) is 2.67. The van der Waals surface area contributed by atoms with E-state index in [-0.39, 0.29) is 5.91 Å². The predicted molar refractivity (Wildman–Crippen MR) is 121 cm³/mol. The van der Waals surface area contributed by atoms with Crippen LogP contribution in [0.3, 0.4) is 0 Å². The molecule has 3 rings (SSSR count). The van der Waals surface area contributed by atoms with Gasteiger partial charge in [-0.3, -0.25) is 4.79 Å². The molecule has 3 heteroatoms. The summed E-state index contributed by atoms with van der Waals surface area (Å²) in [6, 6.07) is 22.9. The van der Waals surface area contributed by atoms with Gasteiger partial charge in [0.2, 0.25) is 0 Å². The number of fused-ring (bicyclic) bond motifs is 1. The minimum Gasteiger partial charge on any atom is -0.481 e. The van der Waals surface area contributed by atoms with E-state index >= 15 is 0 Å². The van der Waals surface area contributed by atoms with Crippen molar-refractivity contribution in [2.24, 2.45) is 0 Å². The van der Waals surface area contributed by atoms with E-state index in [2.05, 4.69) is 55.6 Å². The van der Waals surface area contributed by atoms with E-state index < -0.39 is 6.10 Å². The van der Waals surface area contributed by atoms with Crippen LogP contribution in [0, 0.1) is 0 Å². The monoisotopic (exact) mass is 389 g/mol.